The number of carbonyl (C=O) groups is 2. The standard InChI is InChI=1S/C25H23N3O6S/c1-15-12-17-6-5-7-20(22(17)26-13-15)35(31,32)27-18-10-8-16(9-11-18)23-21(25(30)34-4)19(14-28(23)2)24(29)33-3/h5-14,27H,1-4H3. The van der Waals surface area contributed by atoms with Gasteiger partial charge in [-0.25, -0.2) is 18.0 Å². The minimum absolute atomic E-state index is 0.0623. The number of ether oxygens (including phenoxy) is 2. The predicted octanol–water partition coefficient (Wildman–Crippen LogP) is 3.92. The molecule has 35 heavy (non-hydrogen) atoms. The van der Waals surface area contributed by atoms with Crippen LogP contribution in [0.5, 0.6) is 0 Å². The highest BCUT2D eigenvalue weighted by molar-refractivity contribution is 7.93. The average molecular weight is 494 g/mol. The molecule has 9 nitrogen and oxygen atoms in total. The Morgan fingerprint density at radius 3 is 2.34 bits per heavy atom. The monoisotopic (exact) mass is 493 g/mol. The van der Waals surface area contributed by atoms with Gasteiger partial charge in [-0.1, -0.05) is 24.3 Å². The maximum Gasteiger partial charge on any atom is 0.340 e. The highest BCUT2D eigenvalue weighted by Gasteiger charge is 2.27. The summed E-state index contributed by atoms with van der Waals surface area (Å²) in [6.45, 7) is 1.89. The van der Waals surface area contributed by atoms with Crippen LogP contribution in [0.2, 0.25) is 0 Å². The second-order valence-corrected chi connectivity index (χ2v) is 9.53. The van der Waals surface area contributed by atoms with Crippen LogP contribution in [0, 0.1) is 6.92 Å². The van der Waals surface area contributed by atoms with Gasteiger partial charge in [0.1, 0.15) is 4.90 Å². The summed E-state index contributed by atoms with van der Waals surface area (Å²) in [7, 11) is 0.203. The molecule has 0 unspecified atom stereocenters. The number of anilines is 1. The molecule has 2 aromatic heterocycles. The molecule has 0 spiro atoms. The third-order valence-corrected chi connectivity index (χ3v) is 6.90. The number of aryl methyl sites for hydroxylation is 2. The van der Waals surface area contributed by atoms with Crippen molar-refractivity contribution in [2.75, 3.05) is 18.9 Å². The van der Waals surface area contributed by atoms with Gasteiger partial charge in [-0.3, -0.25) is 9.71 Å². The molecule has 4 rings (SSSR count). The van der Waals surface area contributed by atoms with Crippen molar-refractivity contribution >= 4 is 38.6 Å². The summed E-state index contributed by atoms with van der Waals surface area (Å²) in [5.41, 5.74) is 2.77. The van der Waals surface area contributed by atoms with E-state index in [1.54, 1.807) is 48.1 Å². The van der Waals surface area contributed by atoms with Crippen molar-refractivity contribution in [1.29, 1.82) is 0 Å². The molecule has 0 atom stereocenters. The van der Waals surface area contributed by atoms with Crippen molar-refractivity contribution < 1.29 is 27.5 Å². The number of benzene rings is 2. The van der Waals surface area contributed by atoms with Crippen molar-refractivity contribution in [3.05, 3.63) is 77.6 Å². The van der Waals surface area contributed by atoms with Gasteiger partial charge in [0, 0.05) is 30.5 Å². The zero-order chi connectivity index (χ0) is 25.3. The van der Waals surface area contributed by atoms with Crippen LogP contribution in [0.15, 0.2) is 65.8 Å². The van der Waals surface area contributed by atoms with E-state index in [4.69, 9.17) is 9.47 Å². The summed E-state index contributed by atoms with van der Waals surface area (Å²) in [6, 6.07) is 13.3. The zero-order valence-electron chi connectivity index (χ0n) is 19.5. The van der Waals surface area contributed by atoms with Gasteiger partial charge in [0.05, 0.1) is 36.6 Å². The molecule has 180 valence electrons. The Balaban J connectivity index is 1.70. The van der Waals surface area contributed by atoms with Gasteiger partial charge in [-0.2, -0.15) is 0 Å². The topological polar surface area (TPSA) is 117 Å². The maximum absolute atomic E-state index is 13.1. The number of sulfonamides is 1. The number of aromatic nitrogens is 2. The van der Waals surface area contributed by atoms with E-state index in [1.807, 2.05) is 19.1 Å². The second kappa shape index (κ2) is 9.22. The van der Waals surface area contributed by atoms with Gasteiger partial charge in [0.2, 0.25) is 0 Å². The molecule has 0 aliphatic carbocycles. The summed E-state index contributed by atoms with van der Waals surface area (Å²) in [5, 5.41) is 0.726. The highest BCUT2D eigenvalue weighted by Crippen LogP contribution is 2.31. The van der Waals surface area contributed by atoms with Gasteiger partial charge in [-0.15, -0.1) is 0 Å². The van der Waals surface area contributed by atoms with Crippen molar-refractivity contribution in [3.8, 4) is 11.3 Å². The smallest absolute Gasteiger partial charge is 0.340 e. The fraction of sp³-hybridized carbons (Fsp3) is 0.160. The number of methoxy groups -OCH3 is 2. The molecule has 0 amide bonds. The van der Waals surface area contributed by atoms with E-state index in [0.29, 0.717) is 22.5 Å². The number of esters is 2. The van der Waals surface area contributed by atoms with Crippen molar-refractivity contribution in [2.45, 2.75) is 11.8 Å². The molecule has 0 saturated carbocycles. The summed E-state index contributed by atoms with van der Waals surface area (Å²) in [4.78, 5) is 29.0. The van der Waals surface area contributed by atoms with E-state index < -0.39 is 22.0 Å². The molecule has 2 aromatic carbocycles. The first-order valence-electron chi connectivity index (χ1n) is 10.5. The lowest BCUT2D eigenvalue weighted by molar-refractivity contribution is 0.0557. The van der Waals surface area contributed by atoms with E-state index in [-0.39, 0.29) is 16.0 Å². The first-order valence-corrected chi connectivity index (χ1v) is 12.0. The van der Waals surface area contributed by atoms with Crippen LogP contribution in [-0.2, 0) is 26.5 Å². The first kappa shape index (κ1) is 24.0. The summed E-state index contributed by atoms with van der Waals surface area (Å²) in [5.74, 6) is -1.36. The van der Waals surface area contributed by atoms with E-state index >= 15 is 0 Å². The summed E-state index contributed by atoms with van der Waals surface area (Å²) >= 11 is 0. The van der Waals surface area contributed by atoms with Crippen LogP contribution < -0.4 is 4.72 Å². The molecule has 0 fully saturated rings. The Hall–Kier alpha value is -4.18. The number of carbonyl (C=O) groups excluding carboxylic acids is 2. The van der Waals surface area contributed by atoms with E-state index in [1.165, 1.54) is 26.5 Å². The lowest BCUT2D eigenvalue weighted by Crippen LogP contribution is -2.14. The largest absolute Gasteiger partial charge is 0.465 e. The van der Waals surface area contributed by atoms with Crippen LogP contribution in [0.3, 0.4) is 0 Å². The molecule has 1 N–H and O–H groups in total. The van der Waals surface area contributed by atoms with Gasteiger partial charge in [0.15, 0.2) is 0 Å². The fourth-order valence-corrected chi connectivity index (χ4v) is 5.15. The summed E-state index contributed by atoms with van der Waals surface area (Å²) in [6.07, 6.45) is 3.11. The van der Waals surface area contributed by atoms with E-state index in [0.717, 1.165) is 10.9 Å². The van der Waals surface area contributed by atoms with Crippen molar-refractivity contribution in [1.82, 2.24) is 9.55 Å². The SMILES string of the molecule is COC(=O)c1cn(C)c(-c2ccc(NS(=O)(=O)c3cccc4cc(C)cnc34)cc2)c1C(=O)OC. The van der Waals surface area contributed by atoms with Crippen LogP contribution >= 0.6 is 0 Å². The van der Waals surface area contributed by atoms with Gasteiger partial charge in [-0.05, 0) is 42.3 Å². The lowest BCUT2D eigenvalue weighted by atomic mass is 10.0. The number of hydrogen-bond donors (Lipinski definition) is 1. The Labute approximate surface area is 202 Å². The molecule has 0 saturated heterocycles. The minimum Gasteiger partial charge on any atom is -0.465 e. The number of nitrogens with one attached hydrogen (secondary N) is 1. The van der Waals surface area contributed by atoms with E-state index in [9.17, 15) is 18.0 Å². The molecule has 4 aromatic rings. The fourth-order valence-electron chi connectivity index (χ4n) is 3.91. The molecule has 0 aliphatic rings. The Morgan fingerprint density at radius 1 is 1.00 bits per heavy atom. The molecule has 0 aliphatic heterocycles. The maximum atomic E-state index is 13.1. The summed E-state index contributed by atoms with van der Waals surface area (Å²) < 4.78 is 40.1. The normalized spacial score (nSPS) is 11.3. The predicted molar refractivity (Wildman–Crippen MR) is 131 cm³/mol. The highest BCUT2D eigenvalue weighted by atomic mass is 32.2. The van der Waals surface area contributed by atoms with Crippen LogP contribution in [0.1, 0.15) is 26.3 Å². The Kier molecular flexibility index (Phi) is 6.31. The number of fused-ring (bicyclic) bond motifs is 1. The van der Waals surface area contributed by atoms with Crippen molar-refractivity contribution in [2.24, 2.45) is 7.05 Å². The third kappa shape index (κ3) is 4.47. The quantitative estimate of drug-likeness (QED) is 0.405. The number of hydrogen-bond acceptors (Lipinski definition) is 7. The van der Waals surface area contributed by atoms with E-state index in [2.05, 4.69) is 9.71 Å². The van der Waals surface area contributed by atoms with Crippen LogP contribution in [0.25, 0.3) is 22.2 Å². The molecular formula is C25H23N3O6S. The zero-order valence-corrected chi connectivity index (χ0v) is 20.3. The Morgan fingerprint density at radius 2 is 1.69 bits per heavy atom. The second-order valence-electron chi connectivity index (χ2n) is 7.88. The third-order valence-electron chi connectivity index (χ3n) is 5.49. The minimum atomic E-state index is -3.93. The number of pyridine rings is 1. The van der Waals surface area contributed by atoms with Gasteiger partial charge >= 0.3 is 11.9 Å². The van der Waals surface area contributed by atoms with Crippen LogP contribution in [-0.4, -0.2) is 44.1 Å². The number of para-hydroxylation sites is 1. The van der Waals surface area contributed by atoms with Gasteiger partial charge < -0.3 is 14.0 Å². The Bertz CT molecular complexity index is 1560. The molecular weight excluding hydrogens is 470 g/mol. The number of nitrogens with zero attached hydrogens (tertiary/aromatic N) is 2. The first-order chi connectivity index (χ1) is 16.7. The number of rotatable bonds is 6. The lowest BCUT2D eigenvalue weighted by Gasteiger charge is -2.12. The molecule has 0 radical (unpaired) electrons. The van der Waals surface area contributed by atoms with Crippen LogP contribution in [0.4, 0.5) is 5.69 Å². The van der Waals surface area contributed by atoms with Gasteiger partial charge in [0.25, 0.3) is 10.0 Å². The molecule has 2 heterocycles. The molecule has 0 bridgehead atoms. The average Bonchev–Trinajstić information content (AvgIpc) is 3.19. The van der Waals surface area contributed by atoms with Crippen molar-refractivity contribution in [3.63, 3.8) is 0 Å². The molecule has 10 heteroatoms.